The fourth-order valence-electron chi connectivity index (χ4n) is 0.830. The van der Waals surface area contributed by atoms with Gasteiger partial charge < -0.3 is 10.4 Å². The first-order chi connectivity index (χ1) is 4.84. The maximum absolute atomic E-state index is 10.8. The van der Waals surface area contributed by atoms with E-state index < -0.39 is 6.61 Å². The van der Waals surface area contributed by atoms with Crippen LogP contribution in [0.1, 0.15) is 0 Å². The third-order valence-corrected chi connectivity index (χ3v) is 1.42. The summed E-state index contributed by atoms with van der Waals surface area (Å²) in [6, 6.07) is -0.269. The number of carbonyl (C=O) groups excluding carboxylic acids is 1. The highest BCUT2D eigenvalue weighted by Gasteiger charge is 2.16. The first-order valence-corrected chi connectivity index (χ1v) is 3.20. The zero-order chi connectivity index (χ0) is 7.40. The van der Waals surface area contributed by atoms with Gasteiger partial charge in [0.05, 0.1) is 12.6 Å². The predicted molar refractivity (Wildman–Crippen MR) is 37.2 cm³/mol. The van der Waals surface area contributed by atoms with Crippen molar-refractivity contribution in [1.82, 2.24) is 5.32 Å². The number of hydrogen-bond donors (Lipinski definition) is 2. The molecule has 56 valence electrons. The molecule has 0 aromatic carbocycles. The molecule has 0 bridgehead atoms. The van der Waals surface area contributed by atoms with Crippen molar-refractivity contribution in [3.63, 3.8) is 0 Å². The summed E-state index contributed by atoms with van der Waals surface area (Å²) >= 11 is 0. The van der Waals surface area contributed by atoms with Gasteiger partial charge in [0.1, 0.15) is 6.61 Å². The van der Waals surface area contributed by atoms with Crippen molar-refractivity contribution in [2.24, 2.45) is 4.99 Å². The number of aliphatic hydroxyl groups excluding tert-OH is 1. The smallest absolute Gasteiger partial charge is 0.176 e. The Hall–Kier alpha value is -0.740. The largest absolute Gasteiger partial charge is 0.389 e. The molecule has 0 spiro atoms. The Balaban J connectivity index is 2.41. The fraction of sp³-hybridized carbons (Fsp3) is 0.667. The third-order valence-electron chi connectivity index (χ3n) is 1.42. The van der Waals surface area contributed by atoms with E-state index in [0.29, 0.717) is 13.1 Å². The lowest BCUT2D eigenvalue weighted by atomic mass is 10.2. The number of ketones is 1. The number of nitrogens with zero attached hydrogens (tertiary/aromatic N) is 1. The van der Waals surface area contributed by atoms with Crippen molar-refractivity contribution in [3.8, 4) is 0 Å². The lowest BCUT2D eigenvalue weighted by molar-refractivity contribution is -0.123. The van der Waals surface area contributed by atoms with E-state index in [9.17, 15) is 4.79 Å². The van der Waals surface area contributed by atoms with Crippen LogP contribution in [0, 0.1) is 0 Å². The first-order valence-electron chi connectivity index (χ1n) is 3.20. The monoisotopic (exact) mass is 142 g/mol. The SMILES string of the molecule is O=C(CO)C1CN=CCN1. The molecule has 1 unspecified atom stereocenters. The Bertz CT molecular complexity index is 156. The van der Waals surface area contributed by atoms with E-state index >= 15 is 0 Å². The summed E-state index contributed by atoms with van der Waals surface area (Å²) in [7, 11) is 0. The van der Waals surface area contributed by atoms with E-state index in [2.05, 4.69) is 10.3 Å². The molecule has 1 atom stereocenters. The van der Waals surface area contributed by atoms with Crippen molar-refractivity contribution >= 4 is 12.0 Å². The molecule has 0 fully saturated rings. The summed E-state index contributed by atoms with van der Waals surface area (Å²) in [5, 5.41) is 11.4. The van der Waals surface area contributed by atoms with Gasteiger partial charge in [0.15, 0.2) is 5.78 Å². The number of hydrogen-bond acceptors (Lipinski definition) is 4. The molecule has 2 N–H and O–H groups in total. The molecule has 1 aliphatic rings. The zero-order valence-corrected chi connectivity index (χ0v) is 5.58. The van der Waals surface area contributed by atoms with E-state index in [4.69, 9.17) is 5.11 Å². The van der Waals surface area contributed by atoms with E-state index in [-0.39, 0.29) is 11.8 Å². The molecule has 0 aromatic rings. The van der Waals surface area contributed by atoms with Crippen molar-refractivity contribution in [3.05, 3.63) is 0 Å². The van der Waals surface area contributed by atoms with Crippen LogP contribution in [0.15, 0.2) is 4.99 Å². The van der Waals surface area contributed by atoms with Crippen LogP contribution in [-0.2, 0) is 4.79 Å². The van der Waals surface area contributed by atoms with Gasteiger partial charge in [-0.3, -0.25) is 9.79 Å². The topological polar surface area (TPSA) is 61.7 Å². The fourth-order valence-corrected chi connectivity index (χ4v) is 0.830. The lowest BCUT2D eigenvalue weighted by Gasteiger charge is -2.15. The van der Waals surface area contributed by atoms with Gasteiger partial charge in [-0.25, -0.2) is 0 Å². The van der Waals surface area contributed by atoms with Crippen LogP contribution in [0.25, 0.3) is 0 Å². The highest BCUT2D eigenvalue weighted by atomic mass is 16.3. The molecule has 1 rings (SSSR count). The Labute approximate surface area is 59.0 Å². The number of nitrogens with one attached hydrogen (secondary N) is 1. The third kappa shape index (κ3) is 1.62. The number of Topliss-reactive ketones (excluding diaryl/α,β-unsaturated/α-hetero) is 1. The summed E-state index contributed by atoms with van der Waals surface area (Å²) in [5.41, 5.74) is 0. The second kappa shape index (κ2) is 3.43. The van der Waals surface area contributed by atoms with E-state index in [1.807, 2.05) is 0 Å². The van der Waals surface area contributed by atoms with Crippen LogP contribution in [0.5, 0.6) is 0 Å². The molecule has 0 aliphatic carbocycles. The Kier molecular flexibility index (Phi) is 2.53. The minimum atomic E-state index is -0.396. The van der Waals surface area contributed by atoms with Gasteiger partial charge in [-0.2, -0.15) is 0 Å². The van der Waals surface area contributed by atoms with Crippen LogP contribution in [-0.4, -0.2) is 42.8 Å². The highest BCUT2D eigenvalue weighted by molar-refractivity contribution is 5.86. The van der Waals surface area contributed by atoms with Crippen molar-refractivity contribution in [2.75, 3.05) is 19.7 Å². The molecule has 0 saturated carbocycles. The second-order valence-electron chi connectivity index (χ2n) is 2.13. The molecule has 1 heterocycles. The molecule has 1 aliphatic heterocycles. The van der Waals surface area contributed by atoms with Crippen LogP contribution >= 0.6 is 0 Å². The number of aliphatic imine (C=N–C) groups is 1. The summed E-state index contributed by atoms with van der Waals surface area (Å²) in [5.74, 6) is -0.183. The van der Waals surface area contributed by atoms with Crippen LogP contribution in [0.2, 0.25) is 0 Å². The van der Waals surface area contributed by atoms with Gasteiger partial charge >= 0.3 is 0 Å². The van der Waals surface area contributed by atoms with Crippen LogP contribution in [0.3, 0.4) is 0 Å². The molecular weight excluding hydrogens is 132 g/mol. The summed E-state index contributed by atoms with van der Waals surface area (Å²) < 4.78 is 0. The summed E-state index contributed by atoms with van der Waals surface area (Å²) in [6.45, 7) is 0.684. The number of rotatable bonds is 2. The Morgan fingerprint density at radius 3 is 3.20 bits per heavy atom. The van der Waals surface area contributed by atoms with Crippen LogP contribution < -0.4 is 5.32 Å². The molecule has 0 saturated heterocycles. The predicted octanol–water partition coefficient (Wildman–Crippen LogP) is -1.41. The minimum Gasteiger partial charge on any atom is -0.389 e. The average molecular weight is 142 g/mol. The van der Waals surface area contributed by atoms with Crippen molar-refractivity contribution < 1.29 is 9.90 Å². The molecule has 0 radical (unpaired) electrons. The summed E-state index contributed by atoms with van der Waals surface area (Å²) in [6.07, 6.45) is 1.72. The lowest BCUT2D eigenvalue weighted by Crippen LogP contribution is -2.44. The quantitative estimate of drug-likeness (QED) is 0.498. The van der Waals surface area contributed by atoms with Gasteiger partial charge in [0, 0.05) is 12.8 Å². The zero-order valence-electron chi connectivity index (χ0n) is 5.58. The van der Waals surface area contributed by atoms with Gasteiger partial charge in [-0.05, 0) is 0 Å². The Morgan fingerprint density at radius 1 is 1.90 bits per heavy atom. The number of aliphatic hydroxyl groups is 1. The first kappa shape index (κ1) is 7.37. The molecule has 0 aromatic heterocycles. The van der Waals surface area contributed by atoms with E-state index in [0.717, 1.165) is 0 Å². The highest BCUT2D eigenvalue weighted by Crippen LogP contribution is 1.90. The van der Waals surface area contributed by atoms with Gasteiger partial charge in [0.25, 0.3) is 0 Å². The molecule has 0 amide bonds. The standard InChI is InChI=1S/C6H10N2O2/c9-4-6(10)5-3-7-1-2-8-5/h1,5,8-9H,2-4H2. The Morgan fingerprint density at radius 2 is 2.70 bits per heavy atom. The van der Waals surface area contributed by atoms with Gasteiger partial charge in [-0.15, -0.1) is 0 Å². The maximum atomic E-state index is 10.8. The molecule has 4 nitrogen and oxygen atoms in total. The van der Waals surface area contributed by atoms with Crippen LogP contribution in [0.4, 0.5) is 0 Å². The minimum absolute atomic E-state index is 0.183. The normalized spacial score (nSPS) is 24.7. The van der Waals surface area contributed by atoms with Gasteiger partial charge in [-0.1, -0.05) is 0 Å². The average Bonchev–Trinajstić information content (AvgIpc) is 2.05. The number of carbonyl (C=O) groups is 1. The van der Waals surface area contributed by atoms with Crippen molar-refractivity contribution in [2.45, 2.75) is 6.04 Å². The molecule has 4 heteroatoms. The summed E-state index contributed by atoms with van der Waals surface area (Å²) in [4.78, 5) is 14.7. The van der Waals surface area contributed by atoms with Gasteiger partial charge in [0.2, 0.25) is 0 Å². The molecular formula is C6H10N2O2. The maximum Gasteiger partial charge on any atom is 0.176 e. The molecule has 10 heavy (non-hydrogen) atoms. The van der Waals surface area contributed by atoms with Crippen molar-refractivity contribution in [1.29, 1.82) is 0 Å². The second-order valence-corrected chi connectivity index (χ2v) is 2.13. The van der Waals surface area contributed by atoms with E-state index in [1.54, 1.807) is 6.21 Å². The van der Waals surface area contributed by atoms with E-state index in [1.165, 1.54) is 0 Å².